The lowest BCUT2D eigenvalue weighted by Crippen LogP contribution is -2.17. The number of halogens is 3. The van der Waals surface area contributed by atoms with Crippen molar-refractivity contribution in [3.63, 3.8) is 0 Å². The van der Waals surface area contributed by atoms with E-state index in [1.807, 2.05) is 0 Å². The number of rotatable bonds is 5. The van der Waals surface area contributed by atoms with Crippen LogP contribution < -0.4 is 9.46 Å². The van der Waals surface area contributed by atoms with Crippen LogP contribution in [0.5, 0.6) is 5.75 Å². The van der Waals surface area contributed by atoms with Crippen LogP contribution in [0.2, 0.25) is 0 Å². The number of alkyl halides is 3. The van der Waals surface area contributed by atoms with Gasteiger partial charge < -0.3 is 14.2 Å². The average Bonchev–Trinajstić information content (AvgIpc) is 2.91. The minimum atomic E-state index is -4.73. The molecule has 118 valence electrons. The molecule has 2 rings (SSSR count). The normalized spacial score (nSPS) is 11.1. The summed E-state index contributed by atoms with van der Waals surface area (Å²) in [5.74, 6) is -0.787. The first kappa shape index (κ1) is 16.5. The number of esters is 1. The van der Waals surface area contributed by atoms with E-state index in [-0.39, 0.29) is 5.75 Å². The van der Waals surface area contributed by atoms with Crippen molar-refractivity contribution in [3.8, 4) is 5.75 Å². The Balaban J connectivity index is 2.05. The molecule has 0 atom stereocenters. The van der Waals surface area contributed by atoms with Gasteiger partial charge in [-0.15, -0.1) is 24.5 Å². The molecule has 0 amide bonds. The molecule has 1 aromatic carbocycles. The minimum Gasteiger partial charge on any atom is -0.465 e. The van der Waals surface area contributed by atoms with Gasteiger partial charge in [0, 0.05) is 4.90 Å². The van der Waals surface area contributed by atoms with Crippen molar-refractivity contribution in [1.82, 2.24) is 0 Å². The summed E-state index contributed by atoms with van der Waals surface area (Å²) in [6.07, 6.45) is -4.73. The summed E-state index contributed by atoms with van der Waals surface area (Å²) in [7, 11) is 1.27. The van der Waals surface area contributed by atoms with Gasteiger partial charge in [-0.1, -0.05) is 6.07 Å². The van der Waals surface area contributed by atoms with Crippen LogP contribution in [0, 0.1) is 0 Å². The van der Waals surface area contributed by atoms with Crippen LogP contribution in [0.25, 0.3) is 0 Å². The number of methoxy groups -OCH3 is 1. The standard InChI is InChI=1S/C13H10F3NO3S2/c1-19-12(18)11-10(5-6-21-11)17-22-9-4-2-3-8(7-9)20-13(14,15)16/h2-7,17H,1H3. The van der Waals surface area contributed by atoms with Crippen molar-refractivity contribution in [2.75, 3.05) is 11.8 Å². The largest absolute Gasteiger partial charge is 0.573 e. The molecule has 4 nitrogen and oxygen atoms in total. The number of carbonyl (C=O) groups is 1. The maximum atomic E-state index is 12.2. The fourth-order valence-electron chi connectivity index (χ4n) is 1.49. The van der Waals surface area contributed by atoms with E-state index in [1.54, 1.807) is 17.5 Å². The smallest absolute Gasteiger partial charge is 0.465 e. The first-order valence-electron chi connectivity index (χ1n) is 5.83. The topological polar surface area (TPSA) is 47.6 Å². The van der Waals surface area contributed by atoms with Crippen LogP contribution in [0.15, 0.2) is 40.6 Å². The summed E-state index contributed by atoms with van der Waals surface area (Å²) in [6.45, 7) is 0. The van der Waals surface area contributed by atoms with Crippen molar-refractivity contribution in [3.05, 3.63) is 40.6 Å². The Kier molecular flexibility index (Phi) is 5.19. The van der Waals surface area contributed by atoms with Crippen molar-refractivity contribution in [2.24, 2.45) is 0 Å². The third kappa shape index (κ3) is 4.57. The fourth-order valence-corrected chi connectivity index (χ4v) is 3.04. The number of benzene rings is 1. The van der Waals surface area contributed by atoms with E-state index in [0.29, 0.717) is 15.5 Å². The monoisotopic (exact) mass is 349 g/mol. The summed E-state index contributed by atoms with van der Waals surface area (Å²) in [6, 6.07) is 7.20. The molecule has 0 unspecified atom stereocenters. The highest BCUT2D eigenvalue weighted by Crippen LogP contribution is 2.31. The average molecular weight is 349 g/mol. The van der Waals surface area contributed by atoms with E-state index in [9.17, 15) is 18.0 Å². The van der Waals surface area contributed by atoms with Gasteiger partial charge in [-0.3, -0.25) is 0 Å². The second kappa shape index (κ2) is 6.93. The molecule has 0 aliphatic rings. The second-order valence-corrected chi connectivity index (χ2v) is 5.68. The lowest BCUT2D eigenvalue weighted by molar-refractivity contribution is -0.274. The predicted octanol–water partition coefficient (Wildman–Crippen LogP) is 4.55. The van der Waals surface area contributed by atoms with E-state index in [4.69, 9.17) is 0 Å². The predicted molar refractivity (Wildman–Crippen MR) is 78.3 cm³/mol. The molecule has 0 fully saturated rings. The van der Waals surface area contributed by atoms with Crippen molar-refractivity contribution >= 4 is 34.9 Å². The van der Waals surface area contributed by atoms with Gasteiger partial charge in [0.15, 0.2) is 0 Å². The maximum Gasteiger partial charge on any atom is 0.573 e. The van der Waals surface area contributed by atoms with Crippen molar-refractivity contribution < 1.29 is 27.4 Å². The zero-order valence-electron chi connectivity index (χ0n) is 11.1. The van der Waals surface area contributed by atoms with Gasteiger partial charge in [-0.2, -0.15) is 0 Å². The van der Waals surface area contributed by atoms with Crippen LogP contribution in [-0.4, -0.2) is 19.4 Å². The van der Waals surface area contributed by atoms with Gasteiger partial charge >= 0.3 is 12.3 Å². The second-order valence-electron chi connectivity index (χ2n) is 3.88. The molecule has 1 aromatic heterocycles. The Morgan fingerprint density at radius 3 is 2.77 bits per heavy atom. The molecule has 0 saturated heterocycles. The maximum absolute atomic E-state index is 12.2. The zero-order valence-corrected chi connectivity index (χ0v) is 12.8. The first-order chi connectivity index (χ1) is 10.4. The van der Waals surface area contributed by atoms with E-state index in [2.05, 4.69) is 14.2 Å². The third-order valence-corrected chi connectivity index (χ3v) is 4.06. The van der Waals surface area contributed by atoms with Crippen LogP contribution in [-0.2, 0) is 4.74 Å². The van der Waals surface area contributed by atoms with Gasteiger partial charge in [0.1, 0.15) is 10.6 Å². The highest BCUT2D eigenvalue weighted by Gasteiger charge is 2.31. The van der Waals surface area contributed by atoms with E-state index in [1.165, 1.54) is 36.6 Å². The number of ether oxygens (including phenoxy) is 2. The van der Waals surface area contributed by atoms with Crippen LogP contribution in [0.1, 0.15) is 9.67 Å². The summed E-state index contributed by atoms with van der Waals surface area (Å²) in [5, 5.41) is 1.71. The highest BCUT2D eigenvalue weighted by molar-refractivity contribution is 8.00. The number of thiophene rings is 1. The number of hydrogen-bond acceptors (Lipinski definition) is 6. The molecule has 0 spiro atoms. The van der Waals surface area contributed by atoms with Crippen LogP contribution in [0.3, 0.4) is 0 Å². The van der Waals surface area contributed by atoms with Gasteiger partial charge in [-0.05, 0) is 41.6 Å². The summed E-state index contributed by atoms with van der Waals surface area (Å²) >= 11 is 2.27. The molecule has 9 heteroatoms. The lowest BCUT2D eigenvalue weighted by atomic mass is 10.3. The first-order valence-corrected chi connectivity index (χ1v) is 7.53. The SMILES string of the molecule is COC(=O)c1sccc1NSc1cccc(OC(F)(F)F)c1. The molecule has 22 heavy (non-hydrogen) atoms. The van der Waals surface area contributed by atoms with Crippen LogP contribution in [0.4, 0.5) is 18.9 Å². The molecule has 0 aliphatic carbocycles. The van der Waals surface area contributed by atoms with E-state index in [0.717, 1.165) is 11.9 Å². The summed E-state index contributed by atoms with van der Waals surface area (Å²) < 4.78 is 47.9. The van der Waals surface area contributed by atoms with Gasteiger partial charge in [0.25, 0.3) is 0 Å². The van der Waals surface area contributed by atoms with E-state index >= 15 is 0 Å². The Bertz CT molecular complexity index is 658. The number of hydrogen-bond donors (Lipinski definition) is 1. The third-order valence-electron chi connectivity index (χ3n) is 2.35. The molecule has 0 aliphatic heterocycles. The lowest BCUT2D eigenvalue weighted by Gasteiger charge is -2.10. The molecule has 0 radical (unpaired) electrons. The molecule has 0 bridgehead atoms. The van der Waals surface area contributed by atoms with Crippen molar-refractivity contribution in [2.45, 2.75) is 11.3 Å². The Hall–Kier alpha value is -1.87. The van der Waals surface area contributed by atoms with Gasteiger partial charge in [0.05, 0.1) is 12.8 Å². The molecule has 1 heterocycles. The summed E-state index contributed by atoms with van der Waals surface area (Å²) in [5.41, 5.74) is 0.531. The quantitative estimate of drug-likeness (QED) is 0.634. The number of nitrogens with one attached hydrogen (secondary N) is 1. The van der Waals surface area contributed by atoms with E-state index < -0.39 is 12.3 Å². The Labute approximate surface area is 132 Å². The Morgan fingerprint density at radius 2 is 2.09 bits per heavy atom. The minimum absolute atomic E-state index is 0.308. The number of carbonyl (C=O) groups excluding carboxylic acids is 1. The Morgan fingerprint density at radius 1 is 1.32 bits per heavy atom. The molecule has 1 N–H and O–H groups in total. The van der Waals surface area contributed by atoms with Crippen molar-refractivity contribution in [1.29, 1.82) is 0 Å². The van der Waals surface area contributed by atoms with Gasteiger partial charge in [0.2, 0.25) is 0 Å². The number of anilines is 1. The fraction of sp³-hybridized carbons (Fsp3) is 0.154. The molecule has 2 aromatic rings. The molecule has 0 saturated carbocycles. The molecular formula is C13H10F3NO3S2. The molecular weight excluding hydrogens is 339 g/mol. The van der Waals surface area contributed by atoms with Gasteiger partial charge in [-0.25, -0.2) is 4.79 Å². The summed E-state index contributed by atoms with van der Waals surface area (Å²) in [4.78, 5) is 12.4. The zero-order chi connectivity index (χ0) is 16.2. The highest BCUT2D eigenvalue weighted by atomic mass is 32.2. The van der Waals surface area contributed by atoms with Crippen LogP contribution >= 0.6 is 23.3 Å².